The van der Waals surface area contributed by atoms with Crippen LogP contribution in [0.15, 0.2) is 77.7 Å². The summed E-state index contributed by atoms with van der Waals surface area (Å²) in [4.78, 5) is 54.9. The van der Waals surface area contributed by atoms with E-state index < -0.39 is 24.0 Å². The topological polar surface area (TPSA) is 127 Å². The third kappa shape index (κ3) is 6.99. The van der Waals surface area contributed by atoms with Crippen molar-refractivity contribution >= 4 is 40.0 Å². The standard InChI is InChI=1S/C35H37N3O6/c1-4-22-15-25-10-12-29(22)21(3)20-44-35(42)38-27-8-6-7-24(16-27)26(18-32(40)43-5-2)17-31(39)33(25)37-28-11-9-23-13-14-36-34(41)30(23)19-28/h6-16,19,21,26,33,37H,4-5,17-18,20H2,1-3H3,(H,36,41)(H,38,42)/t21-,26+,33+/m0/s1. The number of Topliss-reactive ketones (excluding diaryl/α,β-unsaturated/α-hetero) is 1. The summed E-state index contributed by atoms with van der Waals surface area (Å²) >= 11 is 0. The first-order valence-corrected chi connectivity index (χ1v) is 15.0. The summed E-state index contributed by atoms with van der Waals surface area (Å²) in [5.41, 5.74) is 4.45. The molecular formula is C35H37N3O6. The van der Waals surface area contributed by atoms with Crippen LogP contribution in [0.2, 0.25) is 0 Å². The zero-order valence-electron chi connectivity index (χ0n) is 25.1. The maximum Gasteiger partial charge on any atom is 0.411 e. The third-order valence-corrected chi connectivity index (χ3v) is 8.06. The van der Waals surface area contributed by atoms with Gasteiger partial charge in [0.05, 0.1) is 19.6 Å². The fraction of sp³-hybridized carbons (Fsp3) is 0.314. The molecule has 3 atom stereocenters. The summed E-state index contributed by atoms with van der Waals surface area (Å²) in [6, 6.07) is 19.5. The van der Waals surface area contributed by atoms with Gasteiger partial charge in [-0.1, -0.05) is 50.2 Å². The van der Waals surface area contributed by atoms with Crippen molar-refractivity contribution in [3.05, 3.63) is 106 Å². The highest BCUT2D eigenvalue weighted by Gasteiger charge is 2.28. The Bertz CT molecular complexity index is 1750. The second kappa shape index (κ2) is 13.6. The van der Waals surface area contributed by atoms with Crippen molar-refractivity contribution in [3.63, 3.8) is 0 Å². The minimum absolute atomic E-state index is 0.0117. The fourth-order valence-electron chi connectivity index (χ4n) is 5.79. The number of pyridine rings is 1. The van der Waals surface area contributed by atoms with E-state index >= 15 is 0 Å². The molecule has 4 aromatic rings. The Hall–Kier alpha value is -4.92. The number of nitrogens with one attached hydrogen (secondary N) is 3. The van der Waals surface area contributed by atoms with E-state index in [9.17, 15) is 19.2 Å². The quantitative estimate of drug-likeness (QED) is 0.214. The van der Waals surface area contributed by atoms with Gasteiger partial charge < -0.3 is 19.8 Å². The molecule has 2 aliphatic rings. The number of aromatic nitrogens is 1. The van der Waals surface area contributed by atoms with Crippen LogP contribution in [0.3, 0.4) is 0 Å². The Labute approximate surface area is 256 Å². The van der Waals surface area contributed by atoms with Gasteiger partial charge in [0.15, 0.2) is 5.78 Å². The average Bonchev–Trinajstić information content (AvgIpc) is 3.02. The molecule has 0 fully saturated rings. The lowest BCUT2D eigenvalue weighted by Crippen LogP contribution is -2.25. The Morgan fingerprint density at radius 2 is 1.84 bits per heavy atom. The maximum atomic E-state index is 14.3. The second-order valence-corrected chi connectivity index (χ2v) is 11.1. The number of aryl methyl sites for hydroxylation is 1. The number of fused-ring (bicyclic) bond motifs is 10. The van der Waals surface area contributed by atoms with Gasteiger partial charge in [-0.05, 0) is 71.3 Å². The summed E-state index contributed by atoms with van der Waals surface area (Å²) in [6.45, 7) is 6.18. The Morgan fingerprint density at radius 3 is 2.64 bits per heavy atom. The van der Waals surface area contributed by atoms with Crippen LogP contribution in [-0.2, 0) is 25.5 Å². The van der Waals surface area contributed by atoms with Crippen LogP contribution >= 0.6 is 0 Å². The predicted octanol–water partition coefficient (Wildman–Crippen LogP) is 6.61. The zero-order valence-corrected chi connectivity index (χ0v) is 25.1. The molecule has 0 spiro atoms. The molecule has 6 rings (SSSR count). The lowest BCUT2D eigenvalue weighted by atomic mass is 9.85. The first kappa shape index (κ1) is 30.5. The number of H-pyrrole nitrogens is 1. The van der Waals surface area contributed by atoms with Gasteiger partial charge in [-0.25, -0.2) is 4.79 Å². The molecule has 0 saturated carbocycles. The first-order chi connectivity index (χ1) is 21.2. The van der Waals surface area contributed by atoms with Gasteiger partial charge in [-0.15, -0.1) is 0 Å². The van der Waals surface area contributed by atoms with E-state index in [4.69, 9.17) is 9.47 Å². The van der Waals surface area contributed by atoms with Crippen molar-refractivity contribution in [1.82, 2.24) is 4.98 Å². The molecule has 0 saturated heterocycles. The molecule has 3 heterocycles. The number of aromatic amines is 1. The van der Waals surface area contributed by atoms with Crippen molar-refractivity contribution in [2.45, 2.75) is 57.9 Å². The van der Waals surface area contributed by atoms with Crippen molar-refractivity contribution in [3.8, 4) is 0 Å². The van der Waals surface area contributed by atoms with Crippen LogP contribution < -0.4 is 16.2 Å². The van der Waals surface area contributed by atoms with E-state index in [-0.39, 0.29) is 43.3 Å². The van der Waals surface area contributed by atoms with Crippen LogP contribution in [0.5, 0.6) is 0 Å². The molecule has 9 nitrogen and oxygen atoms in total. The van der Waals surface area contributed by atoms with Gasteiger partial charge in [-0.3, -0.25) is 19.7 Å². The number of rotatable bonds is 6. The number of carbonyl (C=O) groups excluding carboxylic acids is 3. The SMILES string of the molecule is CCOC(=O)C[C@H]1CC(=O)[C@H](Nc2ccc3cc[nH]c(=O)c3c2)c2ccc(c(CC)c2)[C@@H](C)COC(=O)Nc2cccc1c2. The highest BCUT2D eigenvalue weighted by molar-refractivity contribution is 5.91. The molecule has 1 aromatic heterocycles. The third-order valence-electron chi connectivity index (χ3n) is 8.06. The molecular weight excluding hydrogens is 558 g/mol. The van der Waals surface area contributed by atoms with Crippen LogP contribution in [-0.4, -0.2) is 36.0 Å². The number of benzene rings is 3. The average molecular weight is 596 g/mol. The molecule has 4 bridgehead atoms. The Morgan fingerprint density at radius 1 is 1.00 bits per heavy atom. The molecule has 9 heteroatoms. The number of anilines is 2. The summed E-state index contributed by atoms with van der Waals surface area (Å²) in [5, 5.41) is 7.48. The molecule has 1 amide bonds. The number of hydrogen-bond acceptors (Lipinski definition) is 7. The van der Waals surface area contributed by atoms with Gasteiger partial charge in [-0.2, -0.15) is 0 Å². The maximum absolute atomic E-state index is 14.3. The van der Waals surface area contributed by atoms with Gasteiger partial charge in [0.25, 0.3) is 5.56 Å². The van der Waals surface area contributed by atoms with Crippen LogP contribution in [0.1, 0.15) is 73.7 Å². The summed E-state index contributed by atoms with van der Waals surface area (Å²) in [5.74, 6) is -1.13. The predicted molar refractivity (Wildman–Crippen MR) is 170 cm³/mol. The molecule has 3 aromatic carbocycles. The van der Waals surface area contributed by atoms with Crippen molar-refractivity contribution in [1.29, 1.82) is 0 Å². The van der Waals surface area contributed by atoms with E-state index in [1.165, 1.54) is 0 Å². The highest BCUT2D eigenvalue weighted by Crippen LogP contribution is 2.33. The number of amides is 1. The number of hydrogen-bond donors (Lipinski definition) is 3. The smallest absolute Gasteiger partial charge is 0.411 e. The minimum atomic E-state index is -0.762. The molecule has 228 valence electrons. The van der Waals surface area contributed by atoms with E-state index in [0.717, 1.165) is 22.1 Å². The summed E-state index contributed by atoms with van der Waals surface area (Å²) < 4.78 is 10.8. The second-order valence-electron chi connectivity index (χ2n) is 11.1. The van der Waals surface area contributed by atoms with E-state index in [1.807, 2.05) is 56.3 Å². The normalized spacial score (nSPS) is 18.8. The number of ether oxygens (including phenoxy) is 2. The zero-order chi connectivity index (χ0) is 31.2. The molecule has 0 radical (unpaired) electrons. The van der Waals surface area contributed by atoms with Crippen LogP contribution in [0, 0.1) is 0 Å². The highest BCUT2D eigenvalue weighted by atomic mass is 16.5. The van der Waals surface area contributed by atoms with Crippen LogP contribution in [0.25, 0.3) is 10.8 Å². The number of ketones is 1. The monoisotopic (exact) mass is 595 g/mol. The van der Waals surface area contributed by atoms with Crippen LogP contribution in [0.4, 0.5) is 16.2 Å². The van der Waals surface area contributed by atoms with Crippen molar-refractivity contribution in [2.24, 2.45) is 0 Å². The molecule has 2 aliphatic heterocycles. The van der Waals surface area contributed by atoms with Crippen molar-refractivity contribution in [2.75, 3.05) is 23.8 Å². The molecule has 3 N–H and O–H groups in total. The van der Waals surface area contributed by atoms with E-state index in [0.29, 0.717) is 28.7 Å². The Kier molecular flexibility index (Phi) is 9.43. The number of esters is 1. The molecule has 0 unspecified atom stereocenters. The van der Waals surface area contributed by atoms with Gasteiger partial charge in [0.1, 0.15) is 6.04 Å². The fourth-order valence-corrected chi connectivity index (χ4v) is 5.79. The largest absolute Gasteiger partial charge is 0.466 e. The number of carbonyl (C=O) groups is 3. The van der Waals surface area contributed by atoms with Gasteiger partial charge >= 0.3 is 12.1 Å². The van der Waals surface area contributed by atoms with E-state index in [2.05, 4.69) is 15.6 Å². The van der Waals surface area contributed by atoms with Gasteiger partial charge in [0, 0.05) is 41.2 Å². The van der Waals surface area contributed by atoms with E-state index in [1.54, 1.807) is 37.4 Å². The van der Waals surface area contributed by atoms with Crippen molar-refractivity contribution < 1.29 is 23.9 Å². The minimum Gasteiger partial charge on any atom is -0.466 e. The Balaban J connectivity index is 1.60. The molecule has 0 aliphatic carbocycles. The lowest BCUT2D eigenvalue weighted by molar-refractivity contribution is -0.143. The summed E-state index contributed by atoms with van der Waals surface area (Å²) in [7, 11) is 0. The van der Waals surface area contributed by atoms with Gasteiger partial charge in [0.2, 0.25) is 0 Å². The first-order valence-electron chi connectivity index (χ1n) is 15.0. The summed E-state index contributed by atoms with van der Waals surface area (Å²) in [6.07, 6.45) is 1.75. The molecule has 44 heavy (non-hydrogen) atoms. The lowest BCUT2D eigenvalue weighted by Gasteiger charge is -2.25.